The first-order valence-corrected chi connectivity index (χ1v) is 9.03. The number of para-hydroxylation sites is 1. The fourth-order valence-electron chi connectivity index (χ4n) is 3.66. The lowest BCUT2D eigenvalue weighted by Crippen LogP contribution is -2.12. The molecule has 1 aromatic heterocycles. The smallest absolute Gasteiger partial charge is 0.416 e. The van der Waals surface area contributed by atoms with E-state index >= 15 is 0 Å². The van der Waals surface area contributed by atoms with Gasteiger partial charge < -0.3 is 9.67 Å². The standard InChI is InChI=1S/C23H15F4NO2/c24-18-10-3-1-8-16(18)20-17-9-2-4-11-19(17)28(21(20)22(29)30)13-14-6-5-7-15(12-14)23(25,26)27/h1-12H,13H2,(H,29,30). The molecule has 0 radical (unpaired) electrons. The molecule has 30 heavy (non-hydrogen) atoms. The fraction of sp³-hybridized carbons (Fsp3) is 0.0870. The van der Waals surface area contributed by atoms with Crippen molar-refractivity contribution in [3.8, 4) is 11.1 Å². The highest BCUT2D eigenvalue weighted by Gasteiger charge is 2.31. The highest BCUT2D eigenvalue weighted by molar-refractivity contribution is 6.08. The van der Waals surface area contributed by atoms with Crippen molar-refractivity contribution in [3.05, 3.63) is 95.4 Å². The zero-order valence-electron chi connectivity index (χ0n) is 15.4. The van der Waals surface area contributed by atoms with Crippen LogP contribution in [-0.4, -0.2) is 15.6 Å². The van der Waals surface area contributed by atoms with Gasteiger partial charge in [-0.1, -0.05) is 48.5 Å². The van der Waals surface area contributed by atoms with E-state index in [2.05, 4.69) is 0 Å². The largest absolute Gasteiger partial charge is 0.477 e. The van der Waals surface area contributed by atoms with E-state index in [-0.39, 0.29) is 28.9 Å². The monoisotopic (exact) mass is 413 g/mol. The molecule has 7 heteroatoms. The molecular formula is C23H15F4NO2. The van der Waals surface area contributed by atoms with Gasteiger partial charge in [0.15, 0.2) is 0 Å². The van der Waals surface area contributed by atoms with Crippen LogP contribution in [0.4, 0.5) is 17.6 Å². The summed E-state index contributed by atoms with van der Waals surface area (Å²) < 4.78 is 55.2. The summed E-state index contributed by atoms with van der Waals surface area (Å²) in [5.74, 6) is -1.88. The van der Waals surface area contributed by atoms with Gasteiger partial charge >= 0.3 is 12.1 Å². The minimum Gasteiger partial charge on any atom is -0.477 e. The Bertz CT molecular complexity index is 1260. The number of hydrogen-bond donors (Lipinski definition) is 1. The molecule has 3 nitrogen and oxygen atoms in total. The van der Waals surface area contributed by atoms with Crippen LogP contribution in [0.25, 0.3) is 22.0 Å². The molecule has 0 aliphatic carbocycles. The van der Waals surface area contributed by atoms with Gasteiger partial charge in [0.25, 0.3) is 0 Å². The van der Waals surface area contributed by atoms with Crippen molar-refractivity contribution in [2.24, 2.45) is 0 Å². The van der Waals surface area contributed by atoms with Gasteiger partial charge in [-0.25, -0.2) is 9.18 Å². The molecule has 0 aliphatic rings. The quantitative estimate of drug-likeness (QED) is 0.404. The summed E-state index contributed by atoms with van der Waals surface area (Å²) in [6.45, 7) is -0.111. The molecule has 0 amide bonds. The van der Waals surface area contributed by atoms with E-state index < -0.39 is 23.5 Å². The van der Waals surface area contributed by atoms with Gasteiger partial charge in [-0.3, -0.25) is 0 Å². The lowest BCUT2D eigenvalue weighted by atomic mass is 10.0. The molecule has 0 unspecified atom stereocenters. The zero-order valence-corrected chi connectivity index (χ0v) is 15.4. The average Bonchev–Trinajstić information content (AvgIpc) is 3.02. The molecule has 4 rings (SSSR count). The number of carboxylic acid groups (broad SMARTS) is 1. The first-order chi connectivity index (χ1) is 14.3. The summed E-state index contributed by atoms with van der Waals surface area (Å²) >= 11 is 0. The molecule has 0 fully saturated rings. The number of carboxylic acids is 1. The number of rotatable bonds is 4. The number of aromatic nitrogens is 1. The van der Waals surface area contributed by atoms with Gasteiger partial charge in [0.1, 0.15) is 11.5 Å². The third kappa shape index (κ3) is 3.43. The van der Waals surface area contributed by atoms with Gasteiger partial charge in [-0.05, 0) is 29.8 Å². The van der Waals surface area contributed by atoms with Crippen molar-refractivity contribution in [3.63, 3.8) is 0 Å². The lowest BCUT2D eigenvalue weighted by Gasteiger charge is -2.12. The molecule has 0 spiro atoms. The number of halogens is 4. The van der Waals surface area contributed by atoms with Crippen molar-refractivity contribution in [1.29, 1.82) is 0 Å². The predicted octanol–water partition coefficient (Wildman–Crippen LogP) is 6.21. The first-order valence-electron chi connectivity index (χ1n) is 9.03. The molecule has 0 atom stereocenters. The number of hydrogen-bond acceptors (Lipinski definition) is 1. The van der Waals surface area contributed by atoms with Gasteiger partial charge in [0.05, 0.1) is 5.56 Å². The molecule has 0 saturated carbocycles. The van der Waals surface area contributed by atoms with E-state index in [1.165, 1.54) is 34.9 Å². The maximum Gasteiger partial charge on any atom is 0.416 e. The zero-order chi connectivity index (χ0) is 21.5. The average molecular weight is 413 g/mol. The van der Waals surface area contributed by atoms with Crippen LogP contribution in [-0.2, 0) is 12.7 Å². The van der Waals surface area contributed by atoms with Crippen molar-refractivity contribution in [1.82, 2.24) is 4.57 Å². The summed E-state index contributed by atoms with van der Waals surface area (Å²) in [4.78, 5) is 12.2. The Morgan fingerprint density at radius 1 is 0.933 bits per heavy atom. The third-order valence-corrected chi connectivity index (χ3v) is 4.91. The Labute approximate surface area is 168 Å². The predicted molar refractivity (Wildman–Crippen MR) is 105 cm³/mol. The second kappa shape index (κ2) is 7.33. The minimum absolute atomic E-state index is 0.111. The maximum absolute atomic E-state index is 14.5. The Balaban J connectivity index is 1.97. The second-order valence-electron chi connectivity index (χ2n) is 6.81. The Kier molecular flexibility index (Phi) is 4.81. The van der Waals surface area contributed by atoms with Crippen molar-refractivity contribution >= 4 is 16.9 Å². The highest BCUT2D eigenvalue weighted by Crippen LogP contribution is 2.37. The molecule has 1 heterocycles. The van der Waals surface area contributed by atoms with Gasteiger partial charge in [-0.15, -0.1) is 0 Å². The van der Waals surface area contributed by atoms with Gasteiger partial charge in [0.2, 0.25) is 0 Å². The van der Waals surface area contributed by atoms with Crippen LogP contribution in [0.15, 0.2) is 72.8 Å². The summed E-state index contributed by atoms with van der Waals surface area (Å²) in [5, 5.41) is 10.4. The molecular weight excluding hydrogens is 398 g/mol. The molecule has 0 aliphatic heterocycles. The second-order valence-corrected chi connectivity index (χ2v) is 6.81. The first kappa shape index (κ1) is 19.7. The Morgan fingerprint density at radius 2 is 1.63 bits per heavy atom. The van der Waals surface area contributed by atoms with E-state index in [1.807, 2.05) is 0 Å². The van der Waals surface area contributed by atoms with Crippen molar-refractivity contribution < 1.29 is 27.5 Å². The molecule has 4 aromatic rings. The fourth-order valence-corrected chi connectivity index (χ4v) is 3.66. The maximum atomic E-state index is 14.5. The number of fused-ring (bicyclic) bond motifs is 1. The van der Waals surface area contributed by atoms with Crippen molar-refractivity contribution in [2.75, 3.05) is 0 Å². The molecule has 0 bridgehead atoms. The van der Waals surface area contributed by atoms with E-state index in [0.29, 0.717) is 10.9 Å². The summed E-state index contributed by atoms with van der Waals surface area (Å²) in [6.07, 6.45) is -4.51. The van der Waals surface area contributed by atoms with E-state index in [1.54, 1.807) is 30.3 Å². The van der Waals surface area contributed by atoms with Crippen LogP contribution >= 0.6 is 0 Å². The van der Waals surface area contributed by atoms with Gasteiger partial charge in [0, 0.05) is 28.6 Å². The van der Waals surface area contributed by atoms with Crippen LogP contribution in [0.1, 0.15) is 21.6 Å². The summed E-state index contributed by atoms with van der Waals surface area (Å²) in [7, 11) is 0. The molecule has 3 aromatic carbocycles. The third-order valence-electron chi connectivity index (χ3n) is 4.91. The number of carbonyl (C=O) groups is 1. The lowest BCUT2D eigenvalue weighted by molar-refractivity contribution is -0.137. The number of aromatic carboxylic acids is 1. The van der Waals surface area contributed by atoms with Crippen LogP contribution in [0.3, 0.4) is 0 Å². The summed E-state index contributed by atoms with van der Waals surface area (Å²) in [6, 6.07) is 17.3. The van der Waals surface area contributed by atoms with E-state index in [9.17, 15) is 27.5 Å². The Morgan fingerprint density at radius 3 is 2.33 bits per heavy atom. The van der Waals surface area contributed by atoms with E-state index in [4.69, 9.17) is 0 Å². The van der Waals surface area contributed by atoms with Crippen molar-refractivity contribution in [2.45, 2.75) is 12.7 Å². The number of alkyl halides is 3. The normalized spacial score (nSPS) is 11.7. The molecule has 0 saturated heterocycles. The molecule has 152 valence electrons. The number of nitrogens with zero attached hydrogens (tertiary/aromatic N) is 1. The topological polar surface area (TPSA) is 42.2 Å². The van der Waals surface area contributed by atoms with Crippen LogP contribution in [0.2, 0.25) is 0 Å². The van der Waals surface area contributed by atoms with E-state index in [0.717, 1.165) is 12.1 Å². The van der Waals surface area contributed by atoms with Crippen LogP contribution < -0.4 is 0 Å². The number of benzene rings is 3. The summed E-state index contributed by atoms with van der Waals surface area (Å²) in [5.41, 5.74) is 0.0946. The van der Waals surface area contributed by atoms with Crippen LogP contribution in [0, 0.1) is 5.82 Å². The highest BCUT2D eigenvalue weighted by atomic mass is 19.4. The molecule has 1 N–H and O–H groups in total. The SMILES string of the molecule is O=C(O)c1c(-c2ccccc2F)c2ccccc2n1Cc1cccc(C(F)(F)F)c1. The van der Waals surface area contributed by atoms with Gasteiger partial charge in [-0.2, -0.15) is 13.2 Å². The van der Waals surface area contributed by atoms with Crippen LogP contribution in [0.5, 0.6) is 0 Å². The Hall–Kier alpha value is -3.61. The minimum atomic E-state index is -4.51.